The Morgan fingerprint density at radius 3 is 2.62 bits per heavy atom. The van der Waals surface area contributed by atoms with Crippen LogP contribution in [-0.2, 0) is 0 Å². The van der Waals surface area contributed by atoms with Crippen molar-refractivity contribution in [2.45, 2.75) is 19.3 Å². The van der Waals surface area contributed by atoms with Gasteiger partial charge in [0, 0.05) is 6.21 Å². The monoisotopic (exact) mass is 212 g/mol. The van der Waals surface area contributed by atoms with Crippen LogP contribution < -0.4 is 5.43 Å². The number of nitrogens with zero attached hydrogens (tertiary/aromatic N) is 1. The van der Waals surface area contributed by atoms with Crippen molar-refractivity contribution in [3.05, 3.63) is 48.1 Å². The minimum absolute atomic E-state index is 1.05. The molecule has 0 saturated heterocycles. The molecule has 82 valence electrons. The molecule has 0 aromatic heterocycles. The minimum Gasteiger partial charge on any atom is -0.278 e. The number of nitrogens with one attached hydrogen (secondary N) is 1. The maximum atomic E-state index is 3.95. The van der Waals surface area contributed by atoms with Gasteiger partial charge in [-0.25, -0.2) is 0 Å². The lowest BCUT2D eigenvalue weighted by atomic mass is 10.2. The predicted octanol–water partition coefficient (Wildman–Crippen LogP) is 3.84. The average Bonchev–Trinajstić information content (AvgIpc) is 2.81. The summed E-state index contributed by atoms with van der Waals surface area (Å²) in [6, 6.07) is 8.05. The molecule has 0 saturated carbocycles. The van der Waals surface area contributed by atoms with E-state index in [1.807, 2.05) is 36.4 Å². The summed E-state index contributed by atoms with van der Waals surface area (Å²) >= 11 is 0. The summed E-state index contributed by atoms with van der Waals surface area (Å²) in [6.07, 6.45) is 14.2. The lowest BCUT2D eigenvalue weighted by Crippen LogP contribution is -1.87. The van der Waals surface area contributed by atoms with E-state index in [1.165, 1.54) is 24.8 Å². The van der Waals surface area contributed by atoms with Crippen LogP contribution in [-0.4, -0.2) is 6.21 Å². The van der Waals surface area contributed by atoms with Crippen molar-refractivity contribution in [1.82, 2.24) is 0 Å². The molecule has 1 aromatic rings. The van der Waals surface area contributed by atoms with Crippen molar-refractivity contribution in [3.63, 3.8) is 0 Å². The van der Waals surface area contributed by atoms with Gasteiger partial charge in [0.25, 0.3) is 0 Å². The summed E-state index contributed by atoms with van der Waals surface area (Å²) in [4.78, 5) is 0. The third-order valence-corrected chi connectivity index (χ3v) is 2.49. The zero-order valence-electron chi connectivity index (χ0n) is 9.26. The maximum absolute atomic E-state index is 3.95. The van der Waals surface area contributed by atoms with Gasteiger partial charge in [0.05, 0.1) is 5.69 Å². The maximum Gasteiger partial charge on any atom is 0.0634 e. The second-order valence-electron chi connectivity index (χ2n) is 3.74. The summed E-state index contributed by atoms with van der Waals surface area (Å²) < 4.78 is 0. The van der Waals surface area contributed by atoms with E-state index in [4.69, 9.17) is 0 Å². The van der Waals surface area contributed by atoms with Crippen LogP contribution in [0.5, 0.6) is 0 Å². The fourth-order valence-corrected chi connectivity index (χ4v) is 1.63. The molecule has 2 heteroatoms. The molecule has 1 aliphatic carbocycles. The zero-order chi connectivity index (χ0) is 11.1. The highest BCUT2D eigenvalue weighted by atomic mass is 15.3. The van der Waals surface area contributed by atoms with E-state index in [0.717, 1.165) is 5.69 Å². The molecule has 1 aliphatic heterocycles. The molecule has 0 radical (unpaired) electrons. The molecule has 0 unspecified atom stereocenters. The van der Waals surface area contributed by atoms with Crippen LogP contribution in [0.1, 0.15) is 24.8 Å². The van der Waals surface area contributed by atoms with Gasteiger partial charge < -0.3 is 0 Å². The van der Waals surface area contributed by atoms with E-state index < -0.39 is 0 Å². The van der Waals surface area contributed by atoms with Crippen LogP contribution in [0.2, 0.25) is 0 Å². The van der Waals surface area contributed by atoms with Crippen molar-refractivity contribution < 1.29 is 0 Å². The molecule has 0 atom stereocenters. The first-order chi connectivity index (χ1) is 7.97. The van der Waals surface area contributed by atoms with E-state index in [-0.39, 0.29) is 0 Å². The number of hydrogen-bond acceptors (Lipinski definition) is 2. The largest absolute Gasteiger partial charge is 0.278 e. The smallest absolute Gasteiger partial charge is 0.0634 e. The number of allylic oxidation sites excluding steroid dienone is 3. The quantitative estimate of drug-likeness (QED) is 0.649. The number of para-hydroxylation sites is 1. The summed E-state index contributed by atoms with van der Waals surface area (Å²) in [7, 11) is 0. The van der Waals surface area contributed by atoms with E-state index >= 15 is 0 Å². The summed E-state index contributed by atoms with van der Waals surface area (Å²) in [5, 5.41) is 3.95. The van der Waals surface area contributed by atoms with Gasteiger partial charge in [0.15, 0.2) is 0 Å². The lowest BCUT2D eigenvalue weighted by Gasteiger charge is -2.00. The van der Waals surface area contributed by atoms with Gasteiger partial charge in [-0.1, -0.05) is 36.4 Å². The fourth-order valence-electron chi connectivity index (χ4n) is 1.63. The minimum atomic E-state index is 1.05. The van der Waals surface area contributed by atoms with Crippen LogP contribution in [0.15, 0.2) is 47.6 Å². The summed E-state index contributed by atoms with van der Waals surface area (Å²) in [5.74, 6) is 0. The van der Waals surface area contributed by atoms with Gasteiger partial charge in [-0.3, -0.25) is 5.43 Å². The van der Waals surface area contributed by atoms with Crippen LogP contribution >= 0.6 is 0 Å². The van der Waals surface area contributed by atoms with Crippen LogP contribution in [0.4, 0.5) is 5.69 Å². The Balaban J connectivity index is 0.000000162. The highest BCUT2D eigenvalue weighted by Gasteiger charge is 1.96. The van der Waals surface area contributed by atoms with Gasteiger partial charge in [-0.15, -0.1) is 0 Å². The molecule has 0 bridgehead atoms. The molecule has 1 aromatic carbocycles. The van der Waals surface area contributed by atoms with E-state index in [1.54, 1.807) is 6.21 Å². The first kappa shape index (κ1) is 10.7. The number of anilines is 1. The first-order valence-electron chi connectivity index (χ1n) is 5.66. The van der Waals surface area contributed by atoms with Gasteiger partial charge in [-0.2, -0.15) is 5.10 Å². The van der Waals surface area contributed by atoms with Crippen molar-refractivity contribution >= 4 is 18.0 Å². The molecule has 3 rings (SSSR count). The van der Waals surface area contributed by atoms with Crippen LogP contribution in [0.3, 0.4) is 0 Å². The average molecular weight is 212 g/mol. The Morgan fingerprint density at radius 2 is 1.88 bits per heavy atom. The molecule has 0 spiro atoms. The van der Waals surface area contributed by atoms with E-state index in [2.05, 4.69) is 22.7 Å². The highest BCUT2D eigenvalue weighted by molar-refractivity contribution is 5.83. The molecule has 1 heterocycles. The Kier molecular flexibility index (Phi) is 3.94. The van der Waals surface area contributed by atoms with E-state index in [0.29, 0.717) is 0 Å². The van der Waals surface area contributed by atoms with Gasteiger partial charge in [0.2, 0.25) is 0 Å². The molecule has 2 aliphatic rings. The van der Waals surface area contributed by atoms with Gasteiger partial charge >= 0.3 is 0 Å². The third kappa shape index (κ3) is 3.09. The summed E-state index contributed by atoms with van der Waals surface area (Å²) in [5.41, 5.74) is 5.16. The molecule has 0 amide bonds. The molecule has 1 N–H and O–H groups in total. The number of benzene rings is 1. The lowest BCUT2D eigenvalue weighted by molar-refractivity contribution is 0.929. The van der Waals surface area contributed by atoms with Crippen molar-refractivity contribution in [1.29, 1.82) is 0 Å². The highest BCUT2D eigenvalue weighted by Crippen LogP contribution is 2.17. The molecular weight excluding hydrogens is 196 g/mol. The Morgan fingerprint density at radius 1 is 1.06 bits per heavy atom. The Labute approximate surface area is 96.4 Å². The van der Waals surface area contributed by atoms with Crippen molar-refractivity contribution in [3.8, 4) is 0 Å². The number of fused-ring (bicyclic) bond motifs is 1. The van der Waals surface area contributed by atoms with Gasteiger partial charge in [-0.05, 0) is 37.0 Å². The van der Waals surface area contributed by atoms with E-state index in [9.17, 15) is 0 Å². The zero-order valence-corrected chi connectivity index (χ0v) is 9.26. The number of hydrogen-bond donors (Lipinski definition) is 1. The normalized spacial score (nSPS) is 15.8. The molecule has 0 fully saturated rings. The number of hydrazone groups is 1. The standard InChI is InChI=1S/C9H8N2.C5H8/c1-2-6-9-8(4-1)5-3-7-10-11-9;1-2-4-5-3-1/h1-7,11H;1-2H,3-5H2. The topological polar surface area (TPSA) is 24.4 Å². The molecular formula is C14H16N2. The number of rotatable bonds is 0. The molecule has 2 nitrogen and oxygen atoms in total. The SMILES string of the molecule is C1=CCCC1.C1=Cc2ccccc2NN=C1. The molecule has 16 heavy (non-hydrogen) atoms. The fraction of sp³-hybridized carbons (Fsp3) is 0.214. The first-order valence-corrected chi connectivity index (χ1v) is 5.66. The second kappa shape index (κ2) is 5.91. The summed E-state index contributed by atoms with van der Waals surface area (Å²) in [6.45, 7) is 0. The van der Waals surface area contributed by atoms with Gasteiger partial charge in [0.1, 0.15) is 0 Å². The van der Waals surface area contributed by atoms with Crippen molar-refractivity contribution in [2.75, 3.05) is 5.43 Å². The predicted molar refractivity (Wildman–Crippen MR) is 70.6 cm³/mol. The second-order valence-corrected chi connectivity index (χ2v) is 3.74. The Hall–Kier alpha value is -1.83. The van der Waals surface area contributed by atoms with Crippen molar-refractivity contribution in [2.24, 2.45) is 5.10 Å². The Bertz CT molecular complexity index is 410. The van der Waals surface area contributed by atoms with Crippen LogP contribution in [0.25, 0.3) is 6.08 Å². The third-order valence-electron chi connectivity index (χ3n) is 2.49. The van der Waals surface area contributed by atoms with Crippen LogP contribution in [0, 0.1) is 0 Å².